The van der Waals surface area contributed by atoms with Crippen molar-refractivity contribution >= 4 is 18.4 Å². The summed E-state index contributed by atoms with van der Waals surface area (Å²) in [5.74, 6) is -0.820. The van der Waals surface area contributed by atoms with Gasteiger partial charge in [-0.1, -0.05) is 18.2 Å². The van der Waals surface area contributed by atoms with Crippen LogP contribution in [-0.2, 0) is 4.79 Å². The van der Waals surface area contributed by atoms with Gasteiger partial charge in [0, 0.05) is 13.1 Å². The van der Waals surface area contributed by atoms with Crippen LogP contribution in [0.15, 0.2) is 34.9 Å². The van der Waals surface area contributed by atoms with Crippen LogP contribution in [0.2, 0.25) is 0 Å². The van der Waals surface area contributed by atoms with Crippen molar-refractivity contribution in [3.8, 4) is 0 Å². The summed E-state index contributed by atoms with van der Waals surface area (Å²) in [5.41, 5.74) is 2.50. The first-order valence-electron chi connectivity index (χ1n) is 4.32. The van der Waals surface area contributed by atoms with Gasteiger partial charge < -0.3 is 10.4 Å². The van der Waals surface area contributed by atoms with Crippen LogP contribution in [0.4, 0.5) is 0 Å². The second kappa shape index (κ2) is 4.44. The SMILES string of the molecule is Cl.O=C(O)C1=C2C=CCC=C2CNC1. The number of rotatable bonds is 1. The molecule has 0 aromatic heterocycles. The first kappa shape index (κ1) is 11.0. The van der Waals surface area contributed by atoms with Crippen molar-refractivity contribution in [2.75, 3.05) is 13.1 Å². The highest BCUT2D eigenvalue weighted by atomic mass is 35.5. The molecule has 0 spiro atoms. The Labute approximate surface area is 88.6 Å². The minimum absolute atomic E-state index is 0. The summed E-state index contributed by atoms with van der Waals surface area (Å²) in [7, 11) is 0. The molecule has 1 aliphatic carbocycles. The molecule has 2 rings (SSSR count). The van der Waals surface area contributed by atoms with Crippen molar-refractivity contribution in [1.82, 2.24) is 5.32 Å². The van der Waals surface area contributed by atoms with Crippen LogP contribution in [0.25, 0.3) is 0 Å². The fourth-order valence-corrected chi connectivity index (χ4v) is 1.68. The highest BCUT2D eigenvalue weighted by Gasteiger charge is 2.20. The molecular formula is C10H12ClNO2. The third-order valence-corrected chi connectivity index (χ3v) is 2.33. The maximum atomic E-state index is 10.9. The van der Waals surface area contributed by atoms with Gasteiger partial charge in [-0.2, -0.15) is 0 Å². The molecule has 1 heterocycles. The number of hydrogen-bond donors (Lipinski definition) is 2. The Morgan fingerprint density at radius 1 is 1.43 bits per heavy atom. The van der Waals surface area contributed by atoms with Gasteiger partial charge in [0.15, 0.2) is 0 Å². The summed E-state index contributed by atoms with van der Waals surface area (Å²) >= 11 is 0. The Kier molecular flexibility index (Phi) is 3.49. The molecule has 0 saturated carbocycles. The molecule has 0 amide bonds. The summed E-state index contributed by atoms with van der Waals surface area (Å²) in [5, 5.41) is 12.0. The van der Waals surface area contributed by atoms with E-state index < -0.39 is 5.97 Å². The summed E-state index contributed by atoms with van der Waals surface area (Å²) in [6.07, 6.45) is 6.89. The molecule has 0 radical (unpaired) electrons. The van der Waals surface area contributed by atoms with E-state index in [0.29, 0.717) is 12.1 Å². The van der Waals surface area contributed by atoms with Gasteiger partial charge in [-0.15, -0.1) is 12.4 Å². The van der Waals surface area contributed by atoms with E-state index in [1.54, 1.807) is 0 Å². The highest BCUT2D eigenvalue weighted by molar-refractivity contribution is 5.90. The number of carboxylic acid groups (broad SMARTS) is 1. The van der Waals surface area contributed by atoms with E-state index in [2.05, 4.69) is 11.4 Å². The monoisotopic (exact) mass is 213 g/mol. The van der Waals surface area contributed by atoms with Crippen LogP contribution < -0.4 is 5.32 Å². The molecule has 0 aromatic carbocycles. The number of carboxylic acids is 1. The maximum Gasteiger partial charge on any atom is 0.333 e. The lowest BCUT2D eigenvalue weighted by Crippen LogP contribution is -2.30. The van der Waals surface area contributed by atoms with Crippen molar-refractivity contribution in [3.05, 3.63) is 34.9 Å². The predicted octanol–water partition coefficient (Wildman–Crippen LogP) is 1.28. The fourth-order valence-electron chi connectivity index (χ4n) is 1.68. The van der Waals surface area contributed by atoms with Crippen molar-refractivity contribution < 1.29 is 9.90 Å². The van der Waals surface area contributed by atoms with Gasteiger partial charge >= 0.3 is 5.97 Å². The summed E-state index contributed by atoms with van der Waals surface area (Å²) < 4.78 is 0. The molecule has 2 aliphatic rings. The summed E-state index contributed by atoms with van der Waals surface area (Å²) in [6, 6.07) is 0. The Hall–Kier alpha value is -1.06. The Morgan fingerprint density at radius 3 is 2.93 bits per heavy atom. The van der Waals surface area contributed by atoms with Gasteiger partial charge in [0.1, 0.15) is 0 Å². The maximum absolute atomic E-state index is 10.9. The average Bonchev–Trinajstić information content (AvgIpc) is 2.17. The smallest absolute Gasteiger partial charge is 0.333 e. The molecule has 0 aromatic rings. The number of hydrogen-bond acceptors (Lipinski definition) is 2. The molecule has 4 heteroatoms. The zero-order valence-electron chi connectivity index (χ0n) is 7.62. The van der Waals surface area contributed by atoms with E-state index in [1.807, 2.05) is 12.2 Å². The Balaban J connectivity index is 0.000000980. The molecule has 3 nitrogen and oxygen atoms in total. The van der Waals surface area contributed by atoms with E-state index in [0.717, 1.165) is 24.1 Å². The van der Waals surface area contributed by atoms with Crippen molar-refractivity contribution in [2.45, 2.75) is 6.42 Å². The van der Waals surface area contributed by atoms with Gasteiger partial charge in [-0.25, -0.2) is 4.79 Å². The van der Waals surface area contributed by atoms with E-state index in [4.69, 9.17) is 5.11 Å². The van der Waals surface area contributed by atoms with Crippen molar-refractivity contribution in [3.63, 3.8) is 0 Å². The van der Waals surface area contributed by atoms with Gasteiger partial charge in [0.05, 0.1) is 5.57 Å². The molecule has 0 fully saturated rings. The zero-order chi connectivity index (χ0) is 9.26. The molecule has 76 valence electrons. The third kappa shape index (κ3) is 1.89. The number of aliphatic carboxylic acids is 1. The van der Waals surface area contributed by atoms with Crippen LogP contribution >= 0.6 is 12.4 Å². The fraction of sp³-hybridized carbons (Fsp3) is 0.300. The van der Waals surface area contributed by atoms with Gasteiger partial charge in [-0.3, -0.25) is 0 Å². The molecule has 0 saturated heterocycles. The first-order chi connectivity index (χ1) is 6.29. The van der Waals surface area contributed by atoms with Crippen LogP contribution in [0.5, 0.6) is 0 Å². The molecule has 0 atom stereocenters. The topological polar surface area (TPSA) is 49.3 Å². The van der Waals surface area contributed by atoms with Crippen LogP contribution in [-0.4, -0.2) is 24.2 Å². The largest absolute Gasteiger partial charge is 0.478 e. The predicted molar refractivity (Wildman–Crippen MR) is 56.6 cm³/mol. The standard InChI is InChI=1S/C10H11NO2.ClH/c12-10(13)9-6-11-5-7-3-1-2-4-8(7)9;/h2-4,11H,1,5-6H2,(H,12,13);1H. The molecule has 0 unspecified atom stereocenters. The van der Waals surface area contributed by atoms with E-state index in [1.165, 1.54) is 0 Å². The lowest BCUT2D eigenvalue weighted by Gasteiger charge is -2.21. The molecule has 14 heavy (non-hydrogen) atoms. The quantitative estimate of drug-likeness (QED) is 0.690. The third-order valence-electron chi connectivity index (χ3n) is 2.33. The van der Waals surface area contributed by atoms with Crippen LogP contribution in [0, 0.1) is 0 Å². The Bertz CT molecular complexity index is 342. The first-order valence-corrected chi connectivity index (χ1v) is 4.32. The van der Waals surface area contributed by atoms with Crippen LogP contribution in [0.1, 0.15) is 6.42 Å². The Morgan fingerprint density at radius 2 is 2.21 bits per heavy atom. The number of fused-ring (bicyclic) bond motifs is 1. The molecule has 0 bridgehead atoms. The molecular weight excluding hydrogens is 202 g/mol. The number of halogens is 1. The van der Waals surface area contributed by atoms with Crippen LogP contribution in [0.3, 0.4) is 0 Å². The van der Waals surface area contributed by atoms with E-state index in [9.17, 15) is 4.79 Å². The normalized spacial score (nSPS) is 19.6. The lowest BCUT2D eigenvalue weighted by atomic mass is 9.92. The van der Waals surface area contributed by atoms with Crippen molar-refractivity contribution in [1.29, 1.82) is 0 Å². The van der Waals surface area contributed by atoms with Gasteiger partial charge in [0.2, 0.25) is 0 Å². The minimum Gasteiger partial charge on any atom is -0.478 e. The van der Waals surface area contributed by atoms with E-state index >= 15 is 0 Å². The van der Waals surface area contributed by atoms with E-state index in [-0.39, 0.29) is 12.4 Å². The zero-order valence-corrected chi connectivity index (χ0v) is 8.43. The summed E-state index contributed by atoms with van der Waals surface area (Å²) in [4.78, 5) is 10.9. The average molecular weight is 214 g/mol. The van der Waals surface area contributed by atoms with Gasteiger partial charge in [-0.05, 0) is 17.6 Å². The number of nitrogens with one attached hydrogen (secondary N) is 1. The second-order valence-corrected chi connectivity index (χ2v) is 3.17. The number of allylic oxidation sites excluding steroid dienone is 3. The highest BCUT2D eigenvalue weighted by Crippen LogP contribution is 2.23. The summed E-state index contributed by atoms with van der Waals surface area (Å²) in [6.45, 7) is 1.25. The minimum atomic E-state index is -0.820. The number of carbonyl (C=O) groups is 1. The van der Waals surface area contributed by atoms with Gasteiger partial charge in [0.25, 0.3) is 0 Å². The van der Waals surface area contributed by atoms with Crippen molar-refractivity contribution in [2.24, 2.45) is 0 Å². The second-order valence-electron chi connectivity index (χ2n) is 3.17. The molecule has 2 N–H and O–H groups in total. The lowest BCUT2D eigenvalue weighted by molar-refractivity contribution is -0.132. The molecule has 1 aliphatic heterocycles.